The molecule has 4 nitrogen and oxygen atoms in total. The fourth-order valence-corrected chi connectivity index (χ4v) is 3.13. The Hall–Kier alpha value is -3.19. The van der Waals surface area contributed by atoms with Crippen molar-refractivity contribution in [2.24, 2.45) is 0 Å². The second-order valence-corrected chi connectivity index (χ2v) is 7.66. The number of hydrogen-bond donors (Lipinski definition) is 1. The Labute approximate surface area is 185 Å². The Balaban J connectivity index is 1.81. The lowest BCUT2D eigenvalue weighted by Gasteiger charge is -2.28. The first-order valence-corrected chi connectivity index (χ1v) is 10.3. The lowest BCUT2D eigenvalue weighted by molar-refractivity contribution is -0.200. The molecule has 1 N–H and O–H groups in total. The van der Waals surface area contributed by atoms with Crippen LogP contribution < -0.4 is 14.4 Å². The van der Waals surface area contributed by atoms with Crippen LogP contribution in [0.2, 0.25) is 0 Å². The summed E-state index contributed by atoms with van der Waals surface area (Å²) in [5, 5.41) is 9.70. The van der Waals surface area contributed by atoms with Gasteiger partial charge in [0.15, 0.2) is 6.10 Å². The molecule has 0 spiro atoms. The largest absolute Gasteiger partial charge is 0.491 e. The van der Waals surface area contributed by atoms with Crippen molar-refractivity contribution < 1.29 is 27.8 Å². The van der Waals surface area contributed by atoms with Gasteiger partial charge in [0.1, 0.15) is 17.2 Å². The molecule has 1 atom stereocenters. The highest BCUT2D eigenvalue weighted by molar-refractivity contribution is 5.50. The predicted molar refractivity (Wildman–Crippen MR) is 118 cm³/mol. The third-order valence-electron chi connectivity index (χ3n) is 4.60. The van der Waals surface area contributed by atoms with Crippen molar-refractivity contribution in [2.75, 3.05) is 11.4 Å². The predicted octanol–water partition coefficient (Wildman–Crippen LogP) is 6.20. The molecule has 0 aliphatic carbocycles. The summed E-state index contributed by atoms with van der Waals surface area (Å²) in [5.41, 5.74) is 1.30. The van der Waals surface area contributed by atoms with Gasteiger partial charge in [0.2, 0.25) is 0 Å². The van der Waals surface area contributed by atoms with Gasteiger partial charge in [-0.15, -0.1) is 0 Å². The number of hydrogen-bond acceptors (Lipinski definition) is 4. The number of aliphatic hydroxyl groups is 1. The van der Waals surface area contributed by atoms with Gasteiger partial charge in [-0.1, -0.05) is 30.3 Å². The molecule has 0 aliphatic heterocycles. The number of benzene rings is 3. The topological polar surface area (TPSA) is 41.9 Å². The van der Waals surface area contributed by atoms with E-state index in [-0.39, 0.29) is 12.6 Å². The molecule has 32 heavy (non-hydrogen) atoms. The maximum absolute atomic E-state index is 13.1. The molecule has 1 unspecified atom stereocenters. The van der Waals surface area contributed by atoms with Crippen LogP contribution in [0.15, 0.2) is 78.9 Å². The maximum atomic E-state index is 13.1. The van der Waals surface area contributed by atoms with Crippen molar-refractivity contribution in [2.45, 2.75) is 38.8 Å². The SMILES string of the molecule is CC(C)Oc1cccc(CN(CC(O)C(F)(F)F)c2ccc(Oc3ccccc3)cc2)c1. The van der Waals surface area contributed by atoms with Gasteiger partial charge < -0.3 is 19.5 Å². The molecule has 0 saturated heterocycles. The van der Waals surface area contributed by atoms with E-state index in [1.54, 1.807) is 42.5 Å². The van der Waals surface area contributed by atoms with Crippen LogP contribution in [0.1, 0.15) is 19.4 Å². The van der Waals surface area contributed by atoms with E-state index in [0.717, 1.165) is 5.56 Å². The molecule has 0 amide bonds. The van der Waals surface area contributed by atoms with Crippen molar-refractivity contribution in [3.8, 4) is 17.2 Å². The van der Waals surface area contributed by atoms with Gasteiger partial charge in [0.25, 0.3) is 0 Å². The molecular weight excluding hydrogens is 419 g/mol. The summed E-state index contributed by atoms with van der Waals surface area (Å²) in [4.78, 5) is 1.49. The minimum Gasteiger partial charge on any atom is -0.491 e. The summed E-state index contributed by atoms with van der Waals surface area (Å²) in [6, 6.07) is 23.1. The highest BCUT2D eigenvalue weighted by Gasteiger charge is 2.39. The lowest BCUT2D eigenvalue weighted by Crippen LogP contribution is -2.40. The van der Waals surface area contributed by atoms with E-state index >= 15 is 0 Å². The molecule has 0 aliphatic rings. The van der Waals surface area contributed by atoms with Gasteiger partial charge in [0.05, 0.1) is 12.6 Å². The van der Waals surface area contributed by atoms with E-state index in [1.165, 1.54) is 4.90 Å². The molecule has 0 fully saturated rings. The highest BCUT2D eigenvalue weighted by atomic mass is 19.4. The zero-order chi connectivity index (χ0) is 23.1. The Kier molecular flexibility index (Phi) is 7.64. The van der Waals surface area contributed by atoms with E-state index in [4.69, 9.17) is 9.47 Å². The summed E-state index contributed by atoms with van der Waals surface area (Å²) >= 11 is 0. The van der Waals surface area contributed by atoms with Crippen molar-refractivity contribution in [1.82, 2.24) is 0 Å². The Bertz CT molecular complexity index is 976. The van der Waals surface area contributed by atoms with Crippen LogP contribution in [0.4, 0.5) is 18.9 Å². The molecule has 170 valence electrons. The Morgan fingerprint density at radius 3 is 2.09 bits per heavy atom. The van der Waals surface area contributed by atoms with Crippen LogP contribution in [0.25, 0.3) is 0 Å². The van der Waals surface area contributed by atoms with Gasteiger partial charge in [-0.3, -0.25) is 0 Å². The molecule has 3 aromatic carbocycles. The second-order valence-electron chi connectivity index (χ2n) is 7.66. The van der Waals surface area contributed by atoms with Crippen LogP contribution in [0.5, 0.6) is 17.2 Å². The lowest BCUT2D eigenvalue weighted by atomic mass is 10.1. The van der Waals surface area contributed by atoms with Crippen LogP contribution in [0, 0.1) is 0 Å². The number of para-hydroxylation sites is 1. The van der Waals surface area contributed by atoms with E-state index in [9.17, 15) is 18.3 Å². The number of anilines is 1. The molecular formula is C25H26F3NO3. The summed E-state index contributed by atoms with van der Waals surface area (Å²) in [5.74, 6) is 1.86. The summed E-state index contributed by atoms with van der Waals surface area (Å²) in [7, 11) is 0. The van der Waals surface area contributed by atoms with Crippen molar-refractivity contribution in [3.63, 3.8) is 0 Å². The van der Waals surface area contributed by atoms with Crippen LogP contribution >= 0.6 is 0 Å². The molecule has 7 heteroatoms. The second kappa shape index (κ2) is 10.4. The zero-order valence-corrected chi connectivity index (χ0v) is 17.9. The first-order valence-electron chi connectivity index (χ1n) is 10.3. The number of nitrogens with zero attached hydrogens (tertiary/aromatic N) is 1. The number of ether oxygens (including phenoxy) is 2. The molecule has 3 rings (SSSR count). The van der Waals surface area contributed by atoms with Crippen LogP contribution in [-0.2, 0) is 6.54 Å². The first-order chi connectivity index (χ1) is 15.2. The van der Waals surface area contributed by atoms with Gasteiger partial charge in [-0.25, -0.2) is 0 Å². The molecule has 0 heterocycles. The fraction of sp³-hybridized carbons (Fsp3) is 0.280. The number of alkyl halides is 3. The number of aliphatic hydroxyl groups excluding tert-OH is 1. The summed E-state index contributed by atoms with van der Waals surface area (Å²) in [6.07, 6.45) is -7.21. The third-order valence-corrected chi connectivity index (χ3v) is 4.60. The van der Waals surface area contributed by atoms with E-state index in [2.05, 4.69) is 0 Å². The number of halogens is 3. The van der Waals surface area contributed by atoms with E-state index in [0.29, 0.717) is 22.9 Å². The van der Waals surface area contributed by atoms with E-state index in [1.807, 2.05) is 50.2 Å². The third kappa shape index (κ3) is 6.92. The minimum absolute atomic E-state index is 0.0226. The summed E-state index contributed by atoms with van der Waals surface area (Å²) in [6.45, 7) is 3.37. The fourth-order valence-electron chi connectivity index (χ4n) is 3.13. The van der Waals surface area contributed by atoms with Gasteiger partial charge in [-0.2, -0.15) is 13.2 Å². The van der Waals surface area contributed by atoms with E-state index < -0.39 is 18.8 Å². The monoisotopic (exact) mass is 445 g/mol. The Morgan fingerprint density at radius 2 is 1.47 bits per heavy atom. The van der Waals surface area contributed by atoms with Crippen LogP contribution in [0.3, 0.4) is 0 Å². The quantitative estimate of drug-likeness (QED) is 0.426. The maximum Gasteiger partial charge on any atom is 0.416 e. The molecule has 0 radical (unpaired) electrons. The van der Waals surface area contributed by atoms with Crippen molar-refractivity contribution >= 4 is 5.69 Å². The standard InChI is InChI=1S/C25H26F3NO3/c1-18(2)31-23-10-6-7-19(15-23)16-29(17-24(30)25(26,27)28)20-11-13-22(14-12-20)32-21-8-4-3-5-9-21/h3-15,18,24,30H,16-17H2,1-2H3. The van der Waals surface area contributed by atoms with Crippen LogP contribution in [-0.4, -0.2) is 30.0 Å². The summed E-state index contributed by atoms with van der Waals surface area (Å²) < 4.78 is 50.6. The van der Waals surface area contributed by atoms with Gasteiger partial charge >= 0.3 is 6.18 Å². The molecule has 0 aromatic heterocycles. The molecule has 0 saturated carbocycles. The first kappa shape index (κ1) is 23.5. The molecule has 0 bridgehead atoms. The van der Waals surface area contributed by atoms with Gasteiger partial charge in [-0.05, 0) is 67.9 Å². The normalized spacial score (nSPS) is 12.5. The highest BCUT2D eigenvalue weighted by Crippen LogP contribution is 2.28. The smallest absolute Gasteiger partial charge is 0.416 e. The molecule has 3 aromatic rings. The zero-order valence-electron chi connectivity index (χ0n) is 17.9. The minimum atomic E-state index is -4.71. The number of rotatable bonds is 9. The average Bonchev–Trinajstić information content (AvgIpc) is 2.74. The average molecular weight is 445 g/mol. The van der Waals surface area contributed by atoms with Crippen molar-refractivity contribution in [1.29, 1.82) is 0 Å². The Morgan fingerprint density at radius 1 is 0.844 bits per heavy atom. The van der Waals surface area contributed by atoms with Gasteiger partial charge in [0, 0.05) is 12.2 Å². The van der Waals surface area contributed by atoms with Crippen molar-refractivity contribution in [3.05, 3.63) is 84.4 Å².